The second kappa shape index (κ2) is 7.09. The van der Waals surface area contributed by atoms with E-state index < -0.39 is 0 Å². The Hall–Kier alpha value is -2.34. The topological polar surface area (TPSA) is 0 Å². The monoisotopic (exact) mass is 286 g/mol. The predicted molar refractivity (Wildman–Crippen MR) is 94.2 cm³/mol. The molecule has 0 aliphatic heterocycles. The number of rotatable bonds is 5. The molecule has 22 heavy (non-hydrogen) atoms. The van der Waals surface area contributed by atoms with Crippen LogP contribution in [0.1, 0.15) is 34.6 Å². The molecule has 0 aliphatic carbocycles. The van der Waals surface area contributed by atoms with E-state index in [0.717, 1.165) is 12.8 Å². The minimum Gasteiger partial charge on any atom is -0.0622 e. The smallest absolute Gasteiger partial charge is 0.00925 e. The summed E-state index contributed by atoms with van der Waals surface area (Å²) in [6.07, 6.45) is 2.25. The first-order valence-corrected chi connectivity index (χ1v) is 7.99. The molecular formula is C22H22. The Bertz CT molecular complexity index is 659. The van der Waals surface area contributed by atoms with Crippen molar-refractivity contribution in [3.8, 4) is 0 Å². The number of hydrogen-bond donors (Lipinski definition) is 0. The van der Waals surface area contributed by atoms with E-state index >= 15 is 0 Å². The lowest BCUT2D eigenvalue weighted by Gasteiger charge is -2.18. The van der Waals surface area contributed by atoms with Gasteiger partial charge in [-0.15, -0.1) is 0 Å². The molecule has 0 unspecified atom stereocenters. The van der Waals surface area contributed by atoms with Crippen LogP contribution < -0.4 is 0 Å². The Kier molecular flexibility index (Phi) is 4.70. The molecule has 0 saturated carbocycles. The van der Waals surface area contributed by atoms with Gasteiger partial charge in [0.05, 0.1) is 0 Å². The average molecular weight is 286 g/mol. The van der Waals surface area contributed by atoms with Gasteiger partial charge in [-0.3, -0.25) is 0 Å². The lowest BCUT2D eigenvalue weighted by atomic mass is 9.86. The molecule has 0 aromatic heterocycles. The third-order valence-corrected chi connectivity index (χ3v) is 4.37. The number of aryl methyl sites for hydroxylation is 2. The molecular weight excluding hydrogens is 264 g/mol. The average Bonchev–Trinajstić information content (AvgIpc) is 2.59. The van der Waals surface area contributed by atoms with Crippen molar-refractivity contribution in [3.63, 3.8) is 0 Å². The zero-order chi connectivity index (χ0) is 15.2. The fourth-order valence-electron chi connectivity index (χ4n) is 3.09. The van der Waals surface area contributed by atoms with Crippen LogP contribution in [0.3, 0.4) is 0 Å². The van der Waals surface area contributed by atoms with E-state index in [-0.39, 0.29) is 0 Å². The first-order valence-electron chi connectivity index (χ1n) is 7.99. The maximum absolute atomic E-state index is 2.25. The lowest BCUT2D eigenvalue weighted by Crippen LogP contribution is -2.03. The summed E-state index contributed by atoms with van der Waals surface area (Å²) in [4.78, 5) is 0. The Morgan fingerprint density at radius 1 is 0.636 bits per heavy atom. The van der Waals surface area contributed by atoms with E-state index in [1.165, 1.54) is 22.3 Å². The van der Waals surface area contributed by atoms with Crippen molar-refractivity contribution in [2.45, 2.75) is 25.7 Å². The number of benzene rings is 3. The number of hydrogen-bond acceptors (Lipinski definition) is 0. The molecule has 0 spiro atoms. The molecule has 3 aromatic rings. The molecule has 0 heteroatoms. The Morgan fingerprint density at radius 3 is 1.68 bits per heavy atom. The van der Waals surface area contributed by atoms with Crippen LogP contribution in [0.5, 0.6) is 0 Å². The van der Waals surface area contributed by atoms with Crippen molar-refractivity contribution in [2.24, 2.45) is 0 Å². The van der Waals surface area contributed by atoms with Crippen molar-refractivity contribution in [1.29, 1.82) is 0 Å². The minimum atomic E-state index is 0.460. The normalized spacial score (nSPS) is 10.8. The molecule has 0 saturated heterocycles. The zero-order valence-corrected chi connectivity index (χ0v) is 13.1. The van der Waals surface area contributed by atoms with Crippen LogP contribution in [0.15, 0.2) is 84.9 Å². The minimum absolute atomic E-state index is 0.460. The van der Waals surface area contributed by atoms with Gasteiger partial charge in [0.2, 0.25) is 0 Å². The van der Waals surface area contributed by atoms with E-state index in [0.29, 0.717) is 5.92 Å². The largest absolute Gasteiger partial charge is 0.0622 e. The maximum Gasteiger partial charge on any atom is 0.00925 e. The summed E-state index contributed by atoms with van der Waals surface area (Å²) in [5, 5.41) is 0. The summed E-state index contributed by atoms with van der Waals surface area (Å²) in [6, 6.07) is 30.4. The molecule has 0 atom stereocenters. The van der Waals surface area contributed by atoms with Gasteiger partial charge in [0, 0.05) is 5.92 Å². The van der Waals surface area contributed by atoms with Gasteiger partial charge in [-0.25, -0.2) is 0 Å². The van der Waals surface area contributed by atoms with E-state index in [4.69, 9.17) is 0 Å². The van der Waals surface area contributed by atoms with Gasteiger partial charge in [-0.05, 0) is 42.0 Å². The summed E-state index contributed by atoms with van der Waals surface area (Å²) in [5.74, 6) is 0.460. The van der Waals surface area contributed by atoms with Crippen LogP contribution in [-0.2, 0) is 6.42 Å². The van der Waals surface area contributed by atoms with Crippen LogP contribution >= 0.6 is 0 Å². The highest BCUT2D eigenvalue weighted by molar-refractivity contribution is 5.33. The molecule has 0 fully saturated rings. The van der Waals surface area contributed by atoms with Crippen LogP contribution in [-0.4, -0.2) is 0 Å². The van der Waals surface area contributed by atoms with Crippen molar-refractivity contribution in [1.82, 2.24) is 0 Å². The van der Waals surface area contributed by atoms with Gasteiger partial charge < -0.3 is 0 Å². The molecule has 3 aromatic carbocycles. The first-order chi connectivity index (χ1) is 10.8. The summed E-state index contributed by atoms with van der Waals surface area (Å²) in [7, 11) is 0. The lowest BCUT2D eigenvalue weighted by molar-refractivity contribution is 0.713. The van der Waals surface area contributed by atoms with Crippen molar-refractivity contribution in [2.75, 3.05) is 0 Å². The summed E-state index contributed by atoms with van der Waals surface area (Å²) < 4.78 is 0. The van der Waals surface area contributed by atoms with Crippen LogP contribution in [0.4, 0.5) is 0 Å². The third-order valence-electron chi connectivity index (χ3n) is 4.37. The SMILES string of the molecule is Cc1ccccc1CCC(c1ccccc1)c1ccccc1. The molecule has 0 amide bonds. The van der Waals surface area contributed by atoms with E-state index in [1.807, 2.05) is 0 Å². The van der Waals surface area contributed by atoms with E-state index in [1.54, 1.807) is 0 Å². The van der Waals surface area contributed by atoms with Crippen LogP contribution in [0.25, 0.3) is 0 Å². The van der Waals surface area contributed by atoms with Gasteiger partial charge in [0.15, 0.2) is 0 Å². The molecule has 0 N–H and O–H groups in total. The molecule has 3 rings (SSSR count). The highest BCUT2D eigenvalue weighted by Gasteiger charge is 2.14. The van der Waals surface area contributed by atoms with Crippen LogP contribution in [0.2, 0.25) is 0 Å². The first kappa shape index (κ1) is 14.6. The maximum atomic E-state index is 2.25. The van der Waals surface area contributed by atoms with Gasteiger partial charge >= 0.3 is 0 Å². The summed E-state index contributed by atoms with van der Waals surface area (Å²) in [6.45, 7) is 2.20. The molecule has 0 heterocycles. The van der Waals surface area contributed by atoms with E-state index in [9.17, 15) is 0 Å². The fraction of sp³-hybridized carbons (Fsp3) is 0.182. The van der Waals surface area contributed by atoms with E-state index in [2.05, 4.69) is 91.9 Å². The quantitative estimate of drug-likeness (QED) is 0.559. The molecule has 110 valence electrons. The van der Waals surface area contributed by atoms with Gasteiger partial charge in [0.25, 0.3) is 0 Å². The molecule has 0 radical (unpaired) electrons. The standard InChI is InChI=1S/C22H22/c1-18-10-8-9-11-19(18)16-17-22(20-12-4-2-5-13-20)21-14-6-3-7-15-21/h2-15,22H,16-17H2,1H3. The van der Waals surface area contributed by atoms with Crippen molar-refractivity contribution >= 4 is 0 Å². The summed E-state index contributed by atoms with van der Waals surface area (Å²) in [5.41, 5.74) is 5.66. The highest BCUT2D eigenvalue weighted by Crippen LogP contribution is 2.29. The third kappa shape index (κ3) is 3.46. The zero-order valence-electron chi connectivity index (χ0n) is 13.1. The molecule has 0 nitrogen and oxygen atoms in total. The van der Waals surface area contributed by atoms with Gasteiger partial charge in [0.1, 0.15) is 0 Å². The second-order valence-corrected chi connectivity index (χ2v) is 5.84. The van der Waals surface area contributed by atoms with Crippen LogP contribution in [0, 0.1) is 6.92 Å². The molecule has 0 bridgehead atoms. The van der Waals surface area contributed by atoms with Gasteiger partial charge in [-0.2, -0.15) is 0 Å². The Labute approximate surface area is 133 Å². The van der Waals surface area contributed by atoms with Gasteiger partial charge in [-0.1, -0.05) is 84.9 Å². The Morgan fingerprint density at radius 2 is 1.14 bits per heavy atom. The predicted octanol–water partition coefficient (Wildman–Crippen LogP) is 5.76. The summed E-state index contributed by atoms with van der Waals surface area (Å²) >= 11 is 0. The molecule has 0 aliphatic rings. The Balaban J connectivity index is 1.85. The highest BCUT2D eigenvalue weighted by atomic mass is 14.2. The van der Waals surface area contributed by atoms with Crippen molar-refractivity contribution < 1.29 is 0 Å². The second-order valence-electron chi connectivity index (χ2n) is 5.84. The van der Waals surface area contributed by atoms with Crippen molar-refractivity contribution in [3.05, 3.63) is 107 Å². The fourth-order valence-corrected chi connectivity index (χ4v) is 3.09.